The highest BCUT2D eigenvalue weighted by Crippen LogP contribution is 2.33. The maximum atomic E-state index is 13.0. The Morgan fingerprint density at radius 3 is 0.983 bits per heavy atom. The molecule has 58 heavy (non-hydrogen) atoms. The molecule has 0 saturated carbocycles. The van der Waals surface area contributed by atoms with Gasteiger partial charge in [-0.05, 0) is 133 Å². The zero-order valence-electron chi connectivity index (χ0n) is 32.6. The van der Waals surface area contributed by atoms with Gasteiger partial charge in [-0.1, -0.05) is 24.3 Å². The lowest BCUT2D eigenvalue weighted by Gasteiger charge is -2.14. The van der Waals surface area contributed by atoms with Gasteiger partial charge >= 0.3 is 11.9 Å². The van der Waals surface area contributed by atoms with Gasteiger partial charge in [-0.15, -0.1) is 0 Å². The Labute approximate surface area is 335 Å². The molecular formula is C46H40N2O10. The molecule has 0 aliphatic heterocycles. The number of hydrogen-bond acceptors (Lipinski definition) is 10. The van der Waals surface area contributed by atoms with Crippen LogP contribution in [0.25, 0.3) is 11.1 Å². The molecular weight excluding hydrogens is 741 g/mol. The van der Waals surface area contributed by atoms with E-state index >= 15 is 0 Å². The van der Waals surface area contributed by atoms with Crippen molar-refractivity contribution in [3.63, 3.8) is 0 Å². The van der Waals surface area contributed by atoms with Crippen LogP contribution >= 0.6 is 0 Å². The van der Waals surface area contributed by atoms with Crippen LogP contribution in [0.2, 0.25) is 0 Å². The summed E-state index contributed by atoms with van der Waals surface area (Å²) in [6.07, 6.45) is 0. The summed E-state index contributed by atoms with van der Waals surface area (Å²) in [7, 11) is 5.85. The summed E-state index contributed by atoms with van der Waals surface area (Å²) in [4.78, 5) is 52.0. The minimum Gasteiger partial charge on any atom is -0.496 e. The molecule has 294 valence electrons. The normalized spacial score (nSPS) is 10.5. The van der Waals surface area contributed by atoms with E-state index in [1.165, 1.54) is 52.7 Å². The van der Waals surface area contributed by atoms with E-state index in [-0.39, 0.29) is 34.4 Å². The van der Waals surface area contributed by atoms with E-state index in [0.717, 1.165) is 22.3 Å². The number of hydrogen-bond donors (Lipinski definition) is 2. The van der Waals surface area contributed by atoms with Crippen molar-refractivity contribution in [2.75, 3.05) is 39.1 Å². The smallest absolute Gasteiger partial charge is 0.351 e. The van der Waals surface area contributed by atoms with Gasteiger partial charge in [-0.2, -0.15) is 0 Å². The topological polar surface area (TPSA) is 148 Å². The van der Waals surface area contributed by atoms with Crippen molar-refractivity contribution < 1.29 is 47.6 Å². The molecule has 2 amide bonds. The summed E-state index contributed by atoms with van der Waals surface area (Å²) in [5, 5.41) is 5.75. The highest BCUT2D eigenvalue weighted by molar-refractivity contribution is 6.05. The van der Waals surface area contributed by atoms with E-state index < -0.39 is 11.9 Å². The average molecular weight is 781 g/mol. The van der Waals surface area contributed by atoms with Crippen molar-refractivity contribution in [3.05, 3.63) is 155 Å². The summed E-state index contributed by atoms with van der Waals surface area (Å²) >= 11 is 0. The molecule has 0 atom stereocenters. The highest BCUT2D eigenvalue weighted by Gasteiger charge is 2.23. The zero-order valence-corrected chi connectivity index (χ0v) is 32.6. The number of ether oxygens (including phenoxy) is 6. The number of amides is 2. The maximum absolute atomic E-state index is 13.0. The van der Waals surface area contributed by atoms with Crippen LogP contribution in [0, 0.1) is 13.8 Å². The molecule has 0 unspecified atom stereocenters. The van der Waals surface area contributed by atoms with Crippen LogP contribution in [0.3, 0.4) is 0 Å². The first-order chi connectivity index (χ1) is 28.0. The molecule has 6 aromatic rings. The monoisotopic (exact) mass is 780 g/mol. The molecule has 0 bridgehead atoms. The fraction of sp³-hybridized carbons (Fsp3) is 0.130. The Bertz CT molecular complexity index is 2240. The molecule has 6 rings (SSSR count). The van der Waals surface area contributed by atoms with Crippen LogP contribution < -0.4 is 39.1 Å². The third-order valence-corrected chi connectivity index (χ3v) is 8.98. The molecule has 12 heteroatoms. The van der Waals surface area contributed by atoms with Crippen LogP contribution in [0.4, 0.5) is 11.4 Å². The Hall–Kier alpha value is -7.60. The third-order valence-electron chi connectivity index (χ3n) is 8.98. The standard InChI is InChI=1S/C46H40N2O10/c1-27-23-37(53-3)41(38(24-27)54-4)45(51)57-35-19-11-31(12-20-35)43(49)47-33-15-7-29(8-16-33)30-9-17-34(18-10-30)48-44(50)32-13-21-36(22-14-32)58-46(52)42-39(55-5)25-28(2)26-40(42)56-6/h7-26H,1-6H3,(H,47,49)(H,48,50). The second-order valence-corrected chi connectivity index (χ2v) is 13.0. The number of esters is 2. The lowest BCUT2D eigenvalue weighted by atomic mass is 10.0. The third kappa shape index (κ3) is 9.25. The van der Waals surface area contributed by atoms with E-state index in [4.69, 9.17) is 28.4 Å². The molecule has 0 spiro atoms. The molecule has 0 heterocycles. The number of aryl methyl sites for hydroxylation is 2. The predicted molar refractivity (Wildman–Crippen MR) is 219 cm³/mol. The molecule has 0 fully saturated rings. The summed E-state index contributed by atoms with van der Waals surface area (Å²) in [5.74, 6) is -0.177. The van der Waals surface area contributed by atoms with E-state index in [9.17, 15) is 19.2 Å². The van der Waals surface area contributed by atoms with Gasteiger partial charge in [0.1, 0.15) is 45.6 Å². The minimum atomic E-state index is -0.655. The second kappa shape index (κ2) is 17.9. The Morgan fingerprint density at radius 2 is 0.707 bits per heavy atom. The Kier molecular flexibility index (Phi) is 12.4. The number of carbonyl (C=O) groups is 4. The van der Waals surface area contributed by atoms with E-state index in [1.54, 1.807) is 72.8 Å². The largest absolute Gasteiger partial charge is 0.496 e. The molecule has 0 saturated heterocycles. The van der Waals surface area contributed by atoms with Crippen molar-refractivity contribution in [1.29, 1.82) is 0 Å². The minimum absolute atomic E-state index is 0.160. The van der Waals surface area contributed by atoms with E-state index in [0.29, 0.717) is 45.5 Å². The van der Waals surface area contributed by atoms with Gasteiger partial charge in [-0.3, -0.25) is 9.59 Å². The van der Waals surface area contributed by atoms with Crippen LogP contribution in [0.1, 0.15) is 52.6 Å². The van der Waals surface area contributed by atoms with Crippen LogP contribution in [0.15, 0.2) is 121 Å². The molecule has 0 aliphatic rings. The fourth-order valence-corrected chi connectivity index (χ4v) is 6.05. The highest BCUT2D eigenvalue weighted by atomic mass is 16.5. The van der Waals surface area contributed by atoms with E-state index in [1.807, 2.05) is 38.1 Å². The van der Waals surface area contributed by atoms with Crippen molar-refractivity contribution in [2.24, 2.45) is 0 Å². The number of benzene rings is 6. The molecule has 12 nitrogen and oxygen atoms in total. The van der Waals surface area contributed by atoms with Crippen LogP contribution in [-0.4, -0.2) is 52.2 Å². The van der Waals surface area contributed by atoms with Crippen molar-refractivity contribution in [2.45, 2.75) is 13.8 Å². The molecule has 6 aromatic carbocycles. The predicted octanol–water partition coefficient (Wildman–Crippen LogP) is 8.95. The summed E-state index contributed by atoms with van der Waals surface area (Å²) in [6.45, 7) is 3.72. The lowest BCUT2D eigenvalue weighted by Crippen LogP contribution is -2.13. The van der Waals surface area contributed by atoms with Crippen molar-refractivity contribution >= 4 is 35.1 Å². The lowest BCUT2D eigenvalue weighted by molar-refractivity contribution is 0.0717. The second-order valence-electron chi connectivity index (χ2n) is 13.0. The van der Waals surface area contributed by atoms with Gasteiger partial charge in [0.05, 0.1) is 28.4 Å². The van der Waals surface area contributed by atoms with Crippen molar-refractivity contribution in [3.8, 4) is 45.6 Å². The van der Waals surface area contributed by atoms with Gasteiger partial charge in [0.25, 0.3) is 11.8 Å². The van der Waals surface area contributed by atoms with Gasteiger partial charge < -0.3 is 39.1 Å². The maximum Gasteiger partial charge on any atom is 0.351 e. The van der Waals surface area contributed by atoms with Gasteiger partial charge in [-0.25, -0.2) is 9.59 Å². The molecule has 0 aliphatic carbocycles. The Balaban J connectivity index is 1.01. The SMILES string of the molecule is COc1cc(C)cc(OC)c1C(=O)Oc1ccc(C(=O)Nc2ccc(-c3ccc(NC(=O)c4ccc(OC(=O)c5c(OC)cc(C)cc5OC)cc4)cc3)cc2)cc1. The Morgan fingerprint density at radius 1 is 0.414 bits per heavy atom. The molecule has 0 aromatic heterocycles. The number of carbonyl (C=O) groups excluding carboxylic acids is 4. The number of anilines is 2. The zero-order chi connectivity index (χ0) is 41.3. The van der Waals surface area contributed by atoms with Crippen LogP contribution in [0.5, 0.6) is 34.5 Å². The number of nitrogens with one attached hydrogen (secondary N) is 2. The molecule has 0 radical (unpaired) electrons. The first-order valence-electron chi connectivity index (χ1n) is 17.9. The van der Waals surface area contributed by atoms with Crippen molar-refractivity contribution in [1.82, 2.24) is 0 Å². The van der Waals surface area contributed by atoms with Gasteiger partial charge in [0.15, 0.2) is 0 Å². The van der Waals surface area contributed by atoms with Gasteiger partial charge in [0.2, 0.25) is 0 Å². The fourth-order valence-electron chi connectivity index (χ4n) is 6.05. The first-order valence-corrected chi connectivity index (χ1v) is 17.9. The summed E-state index contributed by atoms with van der Waals surface area (Å²) in [6, 6.07) is 33.9. The first kappa shape index (κ1) is 40.1. The van der Waals surface area contributed by atoms with Gasteiger partial charge in [0, 0.05) is 22.5 Å². The summed E-state index contributed by atoms with van der Waals surface area (Å²) in [5.41, 5.74) is 5.74. The molecule has 2 N–H and O–H groups in total. The van der Waals surface area contributed by atoms with E-state index in [2.05, 4.69) is 10.6 Å². The quantitative estimate of drug-likeness (QED) is 0.0860. The number of rotatable bonds is 13. The average Bonchev–Trinajstić information content (AvgIpc) is 3.23. The van der Waals surface area contributed by atoms with Crippen LogP contribution in [-0.2, 0) is 0 Å². The summed E-state index contributed by atoms with van der Waals surface area (Å²) < 4.78 is 32.6. The number of methoxy groups -OCH3 is 4.